The molecule has 1 atom stereocenters. The molecule has 1 N–H and O–H groups in total. The van der Waals surface area contributed by atoms with Crippen molar-refractivity contribution in [3.05, 3.63) is 60.1 Å². The predicted octanol–water partition coefficient (Wildman–Crippen LogP) is 3.30. The summed E-state index contributed by atoms with van der Waals surface area (Å²) in [6, 6.07) is 13.7. The predicted molar refractivity (Wildman–Crippen MR) is 121 cm³/mol. The van der Waals surface area contributed by atoms with Gasteiger partial charge in [-0.15, -0.1) is 0 Å². The minimum atomic E-state index is -3.34. The number of hydrogen-bond donors (Lipinski definition) is 1. The third kappa shape index (κ3) is 7.18. The molecule has 2 aromatic rings. The molecular weight excluding hydrogens is 420 g/mol. The third-order valence-corrected chi connectivity index (χ3v) is 8.13. The zero-order valence-corrected chi connectivity index (χ0v) is 18.8. The molecule has 1 saturated heterocycles. The van der Waals surface area contributed by atoms with E-state index in [1.165, 1.54) is 4.31 Å². The number of hydrogen-bond acceptors (Lipinski definition) is 5. The maximum Gasteiger partial charge on any atom is 0.224 e. The Morgan fingerprint density at radius 2 is 2.03 bits per heavy atom. The number of sulfonamides is 1. The highest BCUT2D eigenvalue weighted by atomic mass is 32.2. The normalized spacial score (nSPS) is 17.7. The maximum atomic E-state index is 12.7. The van der Waals surface area contributed by atoms with Gasteiger partial charge in [0.15, 0.2) is 0 Å². The second kappa shape index (κ2) is 11.6. The van der Waals surface area contributed by atoms with Gasteiger partial charge in [0.2, 0.25) is 15.9 Å². The van der Waals surface area contributed by atoms with Crippen LogP contribution in [0.2, 0.25) is 0 Å². The van der Waals surface area contributed by atoms with Crippen LogP contribution in [0.3, 0.4) is 0 Å². The molecule has 164 valence electrons. The lowest BCUT2D eigenvalue weighted by atomic mass is 9.99. The van der Waals surface area contributed by atoms with Gasteiger partial charge in [0, 0.05) is 25.4 Å². The van der Waals surface area contributed by atoms with Crippen LogP contribution in [0.25, 0.3) is 0 Å². The van der Waals surface area contributed by atoms with Crippen molar-refractivity contribution < 1.29 is 17.6 Å². The van der Waals surface area contributed by atoms with Gasteiger partial charge in [-0.1, -0.05) is 30.3 Å². The van der Waals surface area contributed by atoms with Crippen molar-refractivity contribution in [3.63, 3.8) is 0 Å². The van der Waals surface area contributed by atoms with Gasteiger partial charge in [0.1, 0.15) is 5.76 Å². The van der Waals surface area contributed by atoms with E-state index in [0.29, 0.717) is 26.1 Å². The molecule has 1 amide bonds. The van der Waals surface area contributed by atoms with E-state index in [4.69, 9.17) is 4.42 Å². The third-order valence-electron chi connectivity index (χ3n) is 5.23. The minimum absolute atomic E-state index is 0.0437. The van der Waals surface area contributed by atoms with Gasteiger partial charge in [0.05, 0.1) is 23.7 Å². The van der Waals surface area contributed by atoms with E-state index in [9.17, 15) is 13.2 Å². The molecule has 0 radical (unpaired) electrons. The molecule has 30 heavy (non-hydrogen) atoms. The Morgan fingerprint density at radius 3 is 2.80 bits per heavy atom. The van der Waals surface area contributed by atoms with Gasteiger partial charge in [-0.05, 0) is 43.4 Å². The first kappa shape index (κ1) is 22.9. The van der Waals surface area contributed by atoms with E-state index in [1.54, 1.807) is 18.0 Å². The number of piperidine rings is 1. The number of rotatable bonds is 11. The molecule has 1 aliphatic rings. The van der Waals surface area contributed by atoms with Crippen molar-refractivity contribution >= 4 is 27.7 Å². The highest BCUT2D eigenvalue weighted by Gasteiger charge is 2.31. The monoisotopic (exact) mass is 450 g/mol. The SMILES string of the molecule is O=C(NCCSCc1ccco1)C1CCCN(S(=O)(=O)CCCc2ccccc2)C1. The van der Waals surface area contributed by atoms with Crippen LogP contribution in [0, 0.1) is 5.92 Å². The molecule has 1 aliphatic heterocycles. The number of thioether (sulfide) groups is 1. The molecule has 8 heteroatoms. The number of benzene rings is 1. The van der Waals surface area contributed by atoms with Crippen molar-refractivity contribution in [1.82, 2.24) is 9.62 Å². The lowest BCUT2D eigenvalue weighted by Gasteiger charge is -2.31. The average Bonchev–Trinajstić information content (AvgIpc) is 3.28. The highest BCUT2D eigenvalue weighted by Crippen LogP contribution is 2.20. The van der Waals surface area contributed by atoms with E-state index in [-0.39, 0.29) is 17.6 Å². The first-order valence-corrected chi connectivity index (χ1v) is 13.2. The van der Waals surface area contributed by atoms with E-state index in [0.717, 1.165) is 42.1 Å². The van der Waals surface area contributed by atoms with Gasteiger partial charge < -0.3 is 9.73 Å². The number of amides is 1. The van der Waals surface area contributed by atoms with Crippen molar-refractivity contribution in [2.45, 2.75) is 31.4 Å². The van der Waals surface area contributed by atoms with Crippen LogP contribution >= 0.6 is 11.8 Å². The molecule has 1 aromatic heterocycles. The van der Waals surface area contributed by atoms with Crippen molar-refractivity contribution in [2.75, 3.05) is 31.1 Å². The molecule has 1 fully saturated rings. The van der Waals surface area contributed by atoms with E-state index in [1.807, 2.05) is 42.5 Å². The standard InChI is InChI=1S/C22H30N2O4S2/c25-22(23-12-15-29-18-21-11-5-14-28-21)20-10-4-13-24(17-20)30(26,27)16-6-9-19-7-2-1-3-8-19/h1-3,5,7-8,11,14,20H,4,6,9-10,12-13,15-18H2,(H,23,25). The molecule has 0 aliphatic carbocycles. The Morgan fingerprint density at radius 1 is 1.20 bits per heavy atom. The van der Waals surface area contributed by atoms with Crippen LogP contribution in [-0.2, 0) is 27.0 Å². The first-order chi connectivity index (χ1) is 14.5. The zero-order valence-electron chi connectivity index (χ0n) is 17.2. The zero-order chi connectivity index (χ0) is 21.2. The van der Waals surface area contributed by atoms with Crippen LogP contribution < -0.4 is 5.32 Å². The van der Waals surface area contributed by atoms with Gasteiger partial charge in [0.25, 0.3) is 0 Å². The summed E-state index contributed by atoms with van der Waals surface area (Å²) >= 11 is 1.70. The van der Waals surface area contributed by atoms with Gasteiger partial charge in [-0.2, -0.15) is 11.8 Å². The molecule has 3 rings (SSSR count). The smallest absolute Gasteiger partial charge is 0.224 e. The summed E-state index contributed by atoms with van der Waals surface area (Å²) in [5.74, 6) is 2.31. The lowest BCUT2D eigenvalue weighted by Crippen LogP contribution is -2.46. The van der Waals surface area contributed by atoms with Crippen molar-refractivity contribution in [1.29, 1.82) is 0 Å². The Kier molecular flexibility index (Phi) is 8.84. The van der Waals surface area contributed by atoms with Gasteiger partial charge in [-0.3, -0.25) is 4.79 Å². The molecule has 0 saturated carbocycles. The topological polar surface area (TPSA) is 79.6 Å². The number of carbonyl (C=O) groups excluding carboxylic acids is 1. The number of aryl methyl sites for hydroxylation is 1. The summed E-state index contributed by atoms with van der Waals surface area (Å²) in [7, 11) is -3.34. The fourth-order valence-electron chi connectivity index (χ4n) is 3.60. The van der Waals surface area contributed by atoms with E-state index >= 15 is 0 Å². The Balaban J connectivity index is 1.38. The van der Waals surface area contributed by atoms with E-state index < -0.39 is 10.0 Å². The van der Waals surface area contributed by atoms with Crippen molar-refractivity contribution in [3.8, 4) is 0 Å². The van der Waals surface area contributed by atoms with E-state index in [2.05, 4.69) is 5.32 Å². The highest BCUT2D eigenvalue weighted by molar-refractivity contribution is 7.98. The molecular formula is C22H30N2O4S2. The lowest BCUT2D eigenvalue weighted by molar-refractivity contribution is -0.125. The second-order valence-corrected chi connectivity index (χ2v) is 10.7. The molecule has 0 bridgehead atoms. The second-order valence-electron chi connectivity index (χ2n) is 7.53. The summed E-state index contributed by atoms with van der Waals surface area (Å²) in [5.41, 5.74) is 1.15. The molecule has 2 heterocycles. The molecule has 1 aromatic carbocycles. The summed E-state index contributed by atoms with van der Waals surface area (Å²) in [4.78, 5) is 12.5. The van der Waals surface area contributed by atoms with Crippen LogP contribution in [0.4, 0.5) is 0 Å². The summed E-state index contributed by atoms with van der Waals surface area (Å²) in [5, 5.41) is 2.96. The molecule has 1 unspecified atom stereocenters. The van der Waals surface area contributed by atoms with Gasteiger partial charge in [-0.25, -0.2) is 12.7 Å². The summed E-state index contributed by atoms with van der Waals surface area (Å²) in [6.07, 6.45) is 4.45. The van der Waals surface area contributed by atoms with Crippen molar-refractivity contribution in [2.24, 2.45) is 5.92 Å². The number of nitrogens with zero attached hydrogens (tertiary/aromatic N) is 1. The molecule has 6 nitrogen and oxygen atoms in total. The summed E-state index contributed by atoms with van der Waals surface area (Å²) < 4.78 is 32.3. The fraction of sp³-hybridized carbons (Fsp3) is 0.500. The number of carbonyl (C=O) groups is 1. The average molecular weight is 451 g/mol. The van der Waals surface area contributed by atoms with Crippen LogP contribution in [0.15, 0.2) is 53.1 Å². The number of nitrogens with one attached hydrogen (secondary N) is 1. The largest absolute Gasteiger partial charge is 0.468 e. The van der Waals surface area contributed by atoms with Crippen LogP contribution in [-0.4, -0.2) is 49.8 Å². The first-order valence-electron chi connectivity index (χ1n) is 10.4. The van der Waals surface area contributed by atoms with Crippen LogP contribution in [0.1, 0.15) is 30.6 Å². The van der Waals surface area contributed by atoms with Crippen LogP contribution in [0.5, 0.6) is 0 Å². The summed E-state index contributed by atoms with van der Waals surface area (Å²) in [6.45, 7) is 1.38. The quantitative estimate of drug-likeness (QED) is 0.532. The fourth-order valence-corrected chi connectivity index (χ4v) is 5.94. The Labute approximate surface area is 183 Å². The number of furan rings is 1. The Bertz CT molecular complexity index is 870. The Hall–Kier alpha value is -1.77. The van der Waals surface area contributed by atoms with Gasteiger partial charge >= 0.3 is 0 Å². The molecule has 0 spiro atoms. The maximum absolute atomic E-state index is 12.7. The minimum Gasteiger partial charge on any atom is -0.468 e.